The van der Waals surface area contributed by atoms with Crippen LogP contribution in [0.3, 0.4) is 0 Å². The van der Waals surface area contributed by atoms with Gasteiger partial charge < -0.3 is 10.4 Å². The van der Waals surface area contributed by atoms with Crippen molar-refractivity contribution in [1.82, 2.24) is 4.98 Å². The fourth-order valence-electron chi connectivity index (χ4n) is 4.55. The summed E-state index contributed by atoms with van der Waals surface area (Å²) in [7, 11) is 1.57. The van der Waals surface area contributed by atoms with Crippen LogP contribution < -0.4 is 14.9 Å². The first-order valence-corrected chi connectivity index (χ1v) is 12.8. The zero-order valence-corrected chi connectivity index (χ0v) is 21.6. The van der Waals surface area contributed by atoms with E-state index in [1.165, 1.54) is 12.1 Å². The quantitative estimate of drug-likeness (QED) is 0.274. The number of amides is 1. The molecule has 192 valence electrons. The average molecular weight is 529 g/mol. The lowest BCUT2D eigenvalue weighted by atomic mass is 9.94. The van der Waals surface area contributed by atoms with Crippen LogP contribution in [0.15, 0.2) is 85.2 Å². The first-order valence-electron chi connectivity index (χ1n) is 12.4. The molecule has 1 aliphatic carbocycles. The van der Waals surface area contributed by atoms with E-state index in [0.29, 0.717) is 23.0 Å². The number of pyridine rings is 2. The van der Waals surface area contributed by atoms with E-state index in [2.05, 4.69) is 10.3 Å². The van der Waals surface area contributed by atoms with Crippen LogP contribution in [0, 0.1) is 5.92 Å². The van der Waals surface area contributed by atoms with Crippen LogP contribution in [-0.2, 0) is 4.79 Å². The number of carbonyl (C=O) groups excluding carboxylic acids is 1. The van der Waals surface area contributed by atoms with Crippen molar-refractivity contribution >= 4 is 29.2 Å². The van der Waals surface area contributed by atoms with Gasteiger partial charge in [0.1, 0.15) is 13.0 Å². The van der Waals surface area contributed by atoms with E-state index < -0.39 is 11.9 Å². The van der Waals surface area contributed by atoms with Gasteiger partial charge in [0.05, 0.1) is 16.8 Å². The van der Waals surface area contributed by atoms with Gasteiger partial charge in [0.25, 0.3) is 0 Å². The molecule has 1 unspecified atom stereocenters. The van der Waals surface area contributed by atoms with E-state index in [9.17, 15) is 9.59 Å². The van der Waals surface area contributed by atoms with Crippen LogP contribution in [0.25, 0.3) is 22.4 Å². The van der Waals surface area contributed by atoms with Crippen molar-refractivity contribution in [3.8, 4) is 22.4 Å². The molecule has 0 spiro atoms. The molecule has 2 heterocycles. The lowest BCUT2D eigenvalue weighted by Gasteiger charge is -2.16. The molecule has 1 saturated carbocycles. The van der Waals surface area contributed by atoms with Gasteiger partial charge in [0, 0.05) is 33.3 Å². The normalized spacial score (nSPS) is 13.5. The number of carboxylic acid groups (broad SMARTS) is 1. The van der Waals surface area contributed by atoms with Crippen LogP contribution in [0.4, 0.5) is 5.69 Å². The second-order valence-corrected chi connectivity index (χ2v) is 9.80. The monoisotopic (exact) mass is 528 g/mol. The van der Waals surface area contributed by atoms with Crippen molar-refractivity contribution in [2.75, 3.05) is 12.4 Å². The zero-order chi connectivity index (χ0) is 26.6. The molecule has 0 radical (unpaired) electrons. The van der Waals surface area contributed by atoms with Gasteiger partial charge in [-0.2, -0.15) is 0 Å². The summed E-state index contributed by atoms with van der Waals surface area (Å²) in [5, 5.41) is 12.7. The molecular formula is C30H27ClN3O4+. The Morgan fingerprint density at radius 1 is 1.08 bits per heavy atom. The summed E-state index contributed by atoms with van der Waals surface area (Å²) in [6.07, 6.45) is 6.50. The summed E-state index contributed by atoms with van der Waals surface area (Å²) in [5.41, 5.74) is 4.96. The molecule has 2 N–H and O–H groups in total. The first kappa shape index (κ1) is 25.4. The van der Waals surface area contributed by atoms with E-state index in [4.69, 9.17) is 21.5 Å². The summed E-state index contributed by atoms with van der Waals surface area (Å²) < 4.78 is 1.64. The molecular weight excluding hydrogens is 502 g/mol. The summed E-state index contributed by atoms with van der Waals surface area (Å²) >= 11 is 6.38. The predicted molar refractivity (Wildman–Crippen MR) is 145 cm³/mol. The molecule has 1 atom stereocenters. The van der Waals surface area contributed by atoms with Gasteiger partial charge in [-0.1, -0.05) is 36.6 Å². The number of rotatable bonds is 9. The maximum absolute atomic E-state index is 13.5. The van der Waals surface area contributed by atoms with Gasteiger partial charge in [-0.25, -0.2) is 4.79 Å². The summed E-state index contributed by atoms with van der Waals surface area (Å²) in [6, 6.07) is 21.5. The highest BCUT2D eigenvalue weighted by Crippen LogP contribution is 2.39. The fraction of sp³-hybridized carbons (Fsp3) is 0.200. The minimum absolute atomic E-state index is 0.163. The Morgan fingerprint density at radius 2 is 1.87 bits per heavy atom. The molecule has 0 saturated heterocycles. The fourth-order valence-corrected chi connectivity index (χ4v) is 4.73. The van der Waals surface area contributed by atoms with Crippen LogP contribution in [0.1, 0.15) is 41.2 Å². The maximum Gasteiger partial charge on any atom is 0.335 e. The topological polar surface area (TPSA) is 92.4 Å². The smallest absolute Gasteiger partial charge is 0.335 e. The van der Waals surface area contributed by atoms with Crippen LogP contribution in [-0.4, -0.2) is 29.1 Å². The highest BCUT2D eigenvalue weighted by atomic mass is 35.5. The van der Waals surface area contributed by atoms with E-state index in [-0.39, 0.29) is 11.5 Å². The zero-order valence-electron chi connectivity index (χ0n) is 20.8. The Morgan fingerprint density at radius 3 is 2.53 bits per heavy atom. The van der Waals surface area contributed by atoms with Crippen molar-refractivity contribution in [1.29, 1.82) is 0 Å². The van der Waals surface area contributed by atoms with Crippen LogP contribution in [0.2, 0.25) is 5.02 Å². The minimum atomic E-state index is -1.01. The maximum atomic E-state index is 13.5. The molecule has 7 nitrogen and oxygen atoms in total. The summed E-state index contributed by atoms with van der Waals surface area (Å²) in [5.74, 6) is -1.16. The number of nitrogens with zero attached hydrogens (tertiary/aromatic N) is 2. The van der Waals surface area contributed by atoms with E-state index in [1.807, 2.05) is 54.7 Å². The van der Waals surface area contributed by atoms with Gasteiger partial charge in [0.15, 0.2) is 0 Å². The van der Waals surface area contributed by atoms with Gasteiger partial charge in [-0.05, 0) is 72.5 Å². The number of benzene rings is 2. The molecule has 2 aromatic carbocycles. The number of anilines is 1. The standard InChI is InChI=1S/C30H26ClN3O4/c1-38-34-18-21(25-17-22(31)10-13-24(25)27-4-2-3-15-32-27)9-14-28(34)26(16-19-5-6-19)29(35)33-23-11-7-20(8-12-23)30(36)37/h2-4,7-15,17-19,26H,5-6,16H2,1H3,(H-,33,35,36,37)/p+1. The van der Waals surface area contributed by atoms with Gasteiger partial charge in [-0.15, -0.1) is 0 Å². The lowest BCUT2D eigenvalue weighted by Crippen LogP contribution is -2.47. The number of carbonyl (C=O) groups is 2. The minimum Gasteiger partial charge on any atom is -0.478 e. The van der Waals surface area contributed by atoms with E-state index >= 15 is 0 Å². The third kappa shape index (κ3) is 5.68. The van der Waals surface area contributed by atoms with Gasteiger partial charge in [-0.3, -0.25) is 14.6 Å². The third-order valence-corrected chi connectivity index (χ3v) is 6.95. The molecule has 4 aromatic rings. The molecule has 1 fully saturated rings. The van der Waals surface area contributed by atoms with Crippen molar-refractivity contribution in [3.05, 3.63) is 101 Å². The molecule has 38 heavy (non-hydrogen) atoms. The number of hydrogen-bond acceptors (Lipinski definition) is 4. The summed E-state index contributed by atoms with van der Waals surface area (Å²) in [4.78, 5) is 34.9. The third-order valence-electron chi connectivity index (χ3n) is 6.71. The largest absolute Gasteiger partial charge is 0.478 e. The van der Waals surface area contributed by atoms with E-state index in [0.717, 1.165) is 40.9 Å². The van der Waals surface area contributed by atoms with Crippen molar-refractivity contribution in [3.63, 3.8) is 0 Å². The Bertz CT molecular complexity index is 1470. The Labute approximate surface area is 225 Å². The second-order valence-electron chi connectivity index (χ2n) is 9.36. The molecule has 1 aliphatic rings. The molecule has 0 aliphatic heterocycles. The van der Waals surface area contributed by atoms with Gasteiger partial charge >= 0.3 is 5.97 Å². The highest BCUT2D eigenvalue weighted by molar-refractivity contribution is 6.31. The number of nitrogens with one attached hydrogen (secondary N) is 1. The van der Waals surface area contributed by atoms with E-state index in [1.54, 1.807) is 30.2 Å². The number of hydrogen-bond donors (Lipinski definition) is 2. The van der Waals surface area contributed by atoms with Crippen molar-refractivity contribution in [2.45, 2.75) is 25.2 Å². The predicted octanol–water partition coefficient (Wildman–Crippen LogP) is 5.64. The number of carboxylic acids is 1. The molecule has 5 rings (SSSR count). The molecule has 1 amide bonds. The molecule has 2 aromatic heterocycles. The summed E-state index contributed by atoms with van der Waals surface area (Å²) in [6.45, 7) is 0. The average Bonchev–Trinajstić information content (AvgIpc) is 3.76. The number of aromatic nitrogens is 2. The van der Waals surface area contributed by atoms with Crippen LogP contribution >= 0.6 is 11.6 Å². The van der Waals surface area contributed by atoms with Crippen LogP contribution in [0.5, 0.6) is 0 Å². The Hall–Kier alpha value is -4.23. The highest BCUT2D eigenvalue weighted by Gasteiger charge is 2.36. The number of halogens is 1. The number of aromatic carboxylic acids is 1. The van der Waals surface area contributed by atoms with Gasteiger partial charge in [0.2, 0.25) is 17.8 Å². The van der Waals surface area contributed by atoms with Crippen molar-refractivity contribution < 1.29 is 24.3 Å². The Kier molecular flexibility index (Phi) is 7.38. The molecule has 0 bridgehead atoms. The lowest BCUT2D eigenvalue weighted by molar-refractivity contribution is -0.890. The molecule has 8 heteroatoms. The second kappa shape index (κ2) is 11.0. The van der Waals surface area contributed by atoms with Crippen molar-refractivity contribution in [2.24, 2.45) is 5.92 Å². The SMILES string of the molecule is CO[n+]1cc(-c2cc(Cl)ccc2-c2ccccn2)ccc1C(CC1CC1)C(=O)Nc1ccc(C(=O)O)cc1. The Balaban J connectivity index is 1.49. The first-order chi connectivity index (χ1) is 18.4.